The summed E-state index contributed by atoms with van der Waals surface area (Å²) in [5.74, 6) is 0. The number of nitrogens with two attached hydrogens (primary N) is 1. The second-order valence-corrected chi connectivity index (χ2v) is 4.38. The highest BCUT2D eigenvalue weighted by molar-refractivity contribution is 4.95. The zero-order chi connectivity index (χ0) is 12.2. The SMILES string of the molecule is COC[C@]1(C(F)(F)F)CCN(CCCN)C1. The van der Waals surface area contributed by atoms with Crippen LogP contribution in [-0.2, 0) is 4.74 Å². The van der Waals surface area contributed by atoms with Gasteiger partial charge in [-0.1, -0.05) is 0 Å². The Morgan fingerprint density at radius 3 is 2.62 bits per heavy atom. The van der Waals surface area contributed by atoms with Crippen LogP contribution in [0.4, 0.5) is 13.2 Å². The summed E-state index contributed by atoms with van der Waals surface area (Å²) in [7, 11) is 1.32. The van der Waals surface area contributed by atoms with E-state index in [1.165, 1.54) is 7.11 Å². The molecule has 0 bridgehead atoms. The molecule has 3 nitrogen and oxygen atoms in total. The molecular formula is C10H19F3N2O. The summed E-state index contributed by atoms with van der Waals surface area (Å²) >= 11 is 0. The van der Waals surface area contributed by atoms with E-state index in [4.69, 9.17) is 10.5 Å². The minimum atomic E-state index is -4.19. The minimum Gasteiger partial charge on any atom is -0.384 e. The largest absolute Gasteiger partial charge is 0.397 e. The molecule has 0 saturated carbocycles. The number of rotatable bonds is 5. The summed E-state index contributed by atoms with van der Waals surface area (Å²) in [4.78, 5) is 1.82. The van der Waals surface area contributed by atoms with Crippen molar-refractivity contribution >= 4 is 0 Å². The van der Waals surface area contributed by atoms with Crippen LogP contribution in [0.2, 0.25) is 0 Å². The molecule has 1 fully saturated rings. The van der Waals surface area contributed by atoms with Crippen LogP contribution in [0.25, 0.3) is 0 Å². The Morgan fingerprint density at radius 1 is 1.44 bits per heavy atom. The predicted molar refractivity (Wildman–Crippen MR) is 55.1 cm³/mol. The number of halogens is 3. The van der Waals surface area contributed by atoms with Crippen LogP contribution >= 0.6 is 0 Å². The molecule has 1 aliphatic heterocycles. The van der Waals surface area contributed by atoms with Gasteiger partial charge in [0.1, 0.15) is 5.41 Å². The van der Waals surface area contributed by atoms with Gasteiger partial charge in [-0.15, -0.1) is 0 Å². The van der Waals surface area contributed by atoms with Crippen molar-refractivity contribution in [2.24, 2.45) is 11.1 Å². The predicted octanol–water partition coefficient (Wildman–Crippen LogP) is 1.24. The van der Waals surface area contributed by atoms with Crippen LogP contribution in [0.1, 0.15) is 12.8 Å². The van der Waals surface area contributed by atoms with E-state index in [9.17, 15) is 13.2 Å². The molecule has 0 aromatic rings. The van der Waals surface area contributed by atoms with Gasteiger partial charge in [0.05, 0.1) is 6.61 Å². The molecule has 0 spiro atoms. The third-order valence-corrected chi connectivity index (χ3v) is 3.13. The molecule has 0 unspecified atom stereocenters. The average molecular weight is 240 g/mol. The number of nitrogens with zero attached hydrogens (tertiary/aromatic N) is 1. The van der Waals surface area contributed by atoms with Gasteiger partial charge in [0.15, 0.2) is 0 Å². The lowest BCUT2D eigenvalue weighted by Crippen LogP contribution is -2.44. The maximum Gasteiger partial charge on any atom is 0.397 e. The van der Waals surface area contributed by atoms with Crippen molar-refractivity contribution in [3.8, 4) is 0 Å². The van der Waals surface area contributed by atoms with E-state index in [0.717, 1.165) is 6.42 Å². The number of hydrogen-bond donors (Lipinski definition) is 1. The van der Waals surface area contributed by atoms with Crippen molar-refractivity contribution < 1.29 is 17.9 Å². The Kier molecular flexibility index (Phi) is 4.58. The first-order chi connectivity index (χ1) is 7.45. The molecule has 2 N–H and O–H groups in total. The Morgan fingerprint density at radius 2 is 2.12 bits per heavy atom. The number of likely N-dealkylation sites (tertiary alicyclic amines) is 1. The topological polar surface area (TPSA) is 38.5 Å². The summed E-state index contributed by atoms with van der Waals surface area (Å²) in [6.45, 7) is 1.40. The van der Waals surface area contributed by atoms with Crippen molar-refractivity contribution in [1.29, 1.82) is 0 Å². The molecule has 6 heteroatoms. The fourth-order valence-corrected chi connectivity index (χ4v) is 2.17. The molecular weight excluding hydrogens is 221 g/mol. The molecule has 0 aliphatic carbocycles. The zero-order valence-electron chi connectivity index (χ0n) is 9.52. The fourth-order valence-electron chi connectivity index (χ4n) is 2.17. The Hall–Kier alpha value is -0.330. The van der Waals surface area contributed by atoms with Gasteiger partial charge in [-0.25, -0.2) is 0 Å². The maximum atomic E-state index is 13.0. The zero-order valence-corrected chi connectivity index (χ0v) is 9.52. The summed E-state index contributed by atoms with van der Waals surface area (Å²) in [6.07, 6.45) is -3.34. The lowest BCUT2D eigenvalue weighted by Gasteiger charge is -2.31. The van der Waals surface area contributed by atoms with Crippen LogP contribution in [-0.4, -0.2) is 51.0 Å². The van der Waals surface area contributed by atoms with Gasteiger partial charge >= 0.3 is 6.18 Å². The molecule has 96 valence electrons. The summed E-state index contributed by atoms with van der Waals surface area (Å²) in [5, 5.41) is 0. The Bertz CT molecular complexity index is 223. The maximum absolute atomic E-state index is 13.0. The minimum absolute atomic E-state index is 0.0321. The van der Waals surface area contributed by atoms with Gasteiger partial charge < -0.3 is 15.4 Å². The smallest absolute Gasteiger partial charge is 0.384 e. The molecule has 1 rings (SSSR count). The van der Waals surface area contributed by atoms with E-state index < -0.39 is 11.6 Å². The van der Waals surface area contributed by atoms with Crippen LogP contribution in [0.5, 0.6) is 0 Å². The molecule has 0 radical (unpaired) electrons. The van der Waals surface area contributed by atoms with E-state index in [2.05, 4.69) is 0 Å². The van der Waals surface area contributed by atoms with E-state index >= 15 is 0 Å². The Balaban J connectivity index is 2.62. The highest BCUT2D eigenvalue weighted by atomic mass is 19.4. The van der Waals surface area contributed by atoms with Crippen LogP contribution in [0.15, 0.2) is 0 Å². The van der Waals surface area contributed by atoms with E-state index in [-0.39, 0.29) is 19.6 Å². The van der Waals surface area contributed by atoms with Gasteiger partial charge in [-0.2, -0.15) is 13.2 Å². The van der Waals surface area contributed by atoms with E-state index in [1.54, 1.807) is 0 Å². The van der Waals surface area contributed by atoms with E-state index in [1.807, 2.05) is 4.90 Å². The fraction of sp³-hybridized carbons (Fsp3) is 1.00. The highest BCUT2D eigenvalue weighted by Crippen LogP contribution is 2.45. The normalized spacial score (nSPS) is 27.6. The van der Waals surface area contributed by atoms with Crippen LogP contribution < -0.4 is 5.73 Å². The third-order valence-electron chi connectivity index (χ3n) is 3.13. The lowest BCUT2D eigenvalue weighted by atomic mass is 9.87. The average Bonchev–Trinajstić information content (AvgIpc) is 2.59. The van der Waals surface area contributed by atoms with Crippen molar-refractivity contribution in [3.63, 3.8) is 0 Å². The molecule has 16 heavy (non-hydrogen) atoms. The number of alkyl halides is 3. The number of ether oxygens (including phenoxy) is 1. The highest BCUT2D eigenvalue weighted by Gasteiger charge is 2.57. The Labute approximate surface area is 93.7 Å². The van der Waals surface area contributed by atoms with Gasteiger partial charge in [0, 0.05) is 13.7 Å². The van der Waals surface area contributed by atoms with Gasteiger partial charge in [-0.05, 0) is 32.5 Å². The second kappa shape index (κ2) is 5.33. The van der Waals surface area contributed by atoms with Crippen molar-refractivity contribution in [3.05, 3.63) is 0 Å². The molecule has 1 aliphatic rings. The van der Waals surface area contributed by atoms with Gasteiger partial charge in [-0.3, -0.25) is 0 Å². The van der Waals surface area contributed by atoms with Crippen molar-refractivity contribution in [1.82, 2.24) is 4.90 Å². The lowest BCUT2D eigenvalue weighted by molar-refractivity contribution is -0.233. The molecule has 1 atom stereocenters. The summed E-state index contributed by atoms with van der Waals surface area (Å²) in [6, 6.07) is 0. The first-order valence-electron chi connectivity index (χ1n) is 5.43. The molecule has 0 aromatic heterocycles. The summed E-state index contributed by atoms with van der Waals surface area (Å²) in [5.41, 5.74) is 3.66. The summed E-state index contributed by atoms with van der Waals surface area (Å²) < 4.78 is 43.6. The third kappa shape index (κ3) is 2.87. The second-order valence-electron chi connectivity index (χ2n) is 4.38. The molecule has 1 heterocycles. The quantitative estimate of drug-likeness (QED) is 0.785. The van der Waals surface area contributed by atoms with Gasteiger partial charge in [0.25, 0.3) is 0 Å². The first kappa shape index (κ1) is 13.7. The number of hydrogen-bond acceptors (Lipinski definition) is 3. The monoisotopic (exact) mass is 240 g/mol. The number of methoxy groups -OCH3 is 1. The first-order valence-corrected chi connectivity index (χ1v) is 5.43. The molecule has 0 amide bonds. The molecule has 0 aromatic carbocycles. The standard InChI is InChI=1S/C10H19F3N2O/c1-16-8-9(10(11,12)13)3-6-15(7-9)5-2-4-14/h2-8,14H2,1H3/t9-/m0/s1. The van der Waals surface area contributed by atoms with Crippen molar-refractivity contribution in [2.75, 3.05) is 39.9 Å². The van der Waals surface area contributed by atoms with E-state index in [0.29, 0.717) is 19.6 Å². The van der Waals surface area contributed by atoms with Gasteiger partial charge in [0.2, 0.25) is 0 Å². The molecule has 1 saturated heterocycles. The van der Waals surface area contributed by atoms with Crippen molar-refractivity contribution in [2.45, 2.75) is 19.0 Å². The van der Waals surface area contributed by atoms with Crippen LogP contribution in [0.3, 0.4) is 0 Å². The van der Waals surface area contributed by atoms with Crippen LogP contribution in [0, 0.1) is 5.41 Å².